The first-order valence-electron chi connectivity index (χ1n) is 7.29. The van der Waals surface area contributed by atoms with Gasteiger partial charge >= 0.3 is 0 Å². The Balaban J connectivity index is 2.12. The van der Waals surface area contributed by atoms with Crippen molar-refractivity contribution in [3.8, 4) is 0 Å². The summed E-state index contributed by atoms with van der Waals surface area (Å²) < 4.78 is 0. The molecule has 0 aliphatic carbocycles. The van der Waals surface area contributed by atoms with Gasteiger partial charge in [-0.25, -0.2) is 0 Å². The molecule has 106 valence electrons. The Morgan fingerprint density at radius 2 is 2.17 bits per heavy atom. The summed E-state index contributed by atoms with van der Waals surface area (Å²) in [5.74, 6) is 0.184. The summed E-state index contributed by atoms with van der Waals surface area (Å²) in [6.07, 6.45) is 5.00. The van der Waals surface area contributed by atoms with Crippen molar-refractivity contribution in [3.63, 3.8) is 0 Å². The highest BCUT2D eigenvalue weighted by atomic mass is 16.2. The van der Waals surface area contributed by atoms with E-state index in [0.717, 1.165) is 19.5 Å². The maximum atomic E-state index is 11.7. The third kappa shape index (κ3) is 4.94. The molecule has 1 aliphatic heterocycles. The number of hydrogen-bond donors (Lipinski definition) is 2. The number of piperidine rings is 1. The van der Waals surface area contributed by atoms with E-state index < -0.39 is 0 Å². The van der Waals surface area contributed by atoms with Gasteiger partial charge in [0.25, 0.3) is 0 Å². The molecule has 1 fully saturated rings. The molecule has 1 heterocycles. The molecule has 1 unspecified atom stereocenters. The van der Waals surface area contributed by atoms with Crippen LogP contribution in [-0.4, -0.2) is 42.5 Å². The van der Waals surface area contributed by atoms with E-state index >= 15 is 0 Å². The van der Waals surface area contributed by atoms with E-state index in [2.05, 4.69) is 17.1 Å². The molecule has 0 saturated carbocycles. The van der Waals surface area contributed by atoms with E-state index in [4.69, 9.17) is 5.73 Å². The van der Waals surface area contributed by atoms with Crippen molar-refractivity contribution >= 4 is 5.91 Å². The number of likely N-dealkylation sites (tertiary alicyclic amines) is 1. The molecule has 1 amide bonds. The fourth-order valence-electron chi connectivity index (χ4n) is 2.40. The minimum Gasteiger partial charge on any atom is -0.355 e. The van der Waals surface area contributed by atoms with Crippen LogP contribution in [0.2, 0.25) is 0 Å². The number of carbonyl (C=O) groups is 1. The number of nitrogens with one attached hydrogen (secondary N) is 1. The van der Waals surface area contributed by atoms with E-state index in [9.17, 15) is 4.79 Å². The van der Waals surface area contributed by atoms with Crippen molar-refractivity contribution in [2.75, 3.05) is 19.6 Å². The van der Waals surface area contributed by atoms with Gasteiger partial charge in [0.05, 0.1) is 6.04 Å². The fraction of sp³-hybridized carbons (Fsp3) is 0.929. The van der Waals surface area contributed by atoms with E-state index in [1.54, 1.807) is 0 Å². The highest BCUT2D eigenvalue weighted by molar-refractivity contribution is 5.81. The number of hydrogen-bond acceptors (Lipinski definition) is 3. The van der Waals surface area contributed by atoms with Crippen LogP contribution in [0.25, 0.3) is 0 Å². The maximum absolute atomic E-state index is 11.7. The Morgan fingerprint density at radius 1 is 1.44 bits per heavy atom. The molecule has 4 heteroatoms. The van der Waals surface area contributed by atoms with Gasteiger partial charge in [-0.15, -0.1) is 0 Å². The standard InChI is InChI=1S/C14H29N3O/c1-11(2)13(15)14(18)16-8-6-10-17-9-5-4-7-12(17)3/h11-13H,4-10,15H2,1-3H3,(H,16,18)/t12?,13-/m0/s1. The lowest BCUT2D eigenvalue weighted by molar-refractivity contribution is -0.123. The zero-order valence-electron chi connectivity index (χ0n) is 12.1. The molecule has 0 bridgehead atoms. The lowest BCUT2D eigenvalue weighted by Crippen LogP contribution is -2.45. The molecule has 3 N–H and O–H groups in total. The molecule has 0 radical (unpaired) electrons. The summed E-state index contributed by atoms with van der Waals surface area (Å²) >= 11 is 0. The lowest BCUT2D eigenvalue weighted by atomic mass is 10.0. The molecule has 0 spiro atoms. The largest absolute Gasteiger partial charge is 0.355 e. The molecule has 0 aromatic carbocycles. The Bertz CT molecular complexity index is 255. The molecule has 0 aromatic heterocycles. The van der Waals surface area contributed by atoms with Gasteiger partial charge in [0, 0.05) is 19.1 Å². The Kier molecular flexibility index (Phi) is 6.65. The lowest BCUT2D eigenvalue weighted by Gasteiger charge is -2.33. The molecule has 1 aliphatic rings. The van der Waals surface area contributed by atoms with Crippen molar-refractivity contribution in [2.45, 2.75) is 58.5 Å². The van der Waals surface area contributed by atoms with Crippen LogP contribution in [0.15, 0.2) is 0 Å². The number of rotatable bonds is 6. The molecule has 4 nitrogen and oxygen atoms in total. The third-order valence-electron chi connectivity index (χ3n) is 3.88. The van der Waals surface area contributed by atoms with Crippen LogP contribution in [0.4, 0.5) is 0 Å². The second-order valence-electron chi connectivity index (χ2n) is 5.80. The second-order valence-corrected chi connectivity index (χ2v) is 5.80. The molecule has 2 atom stereocenters. The van der Waals surface area contributed by atoms with Crippen molar-refractivity contribution < 1.29 is 4.79 Å². The first-order chi connectivity index (χ1) is 8.52. The molecular formula is C14H29N3O. The smallest absolute Gasteiger partial charge is 0.237 e. The summed E-state index contributed by atoms with van der Waals surface area (Å²) in [6.45, 7) is 9.27. The zero-order valence-corrected chi connectivity index (χ0v) is 12.1. The SMILES string of the molecule is CC(C)[C@H](N)C(=O)NCCCN1CCCCC1C. The van der Waals surface area contributed by atoms with E-state index in [-0.39, 0.29) is 17.9 Å². The predicted molar refractivity (Wildman–Crippen MR) is 75.3 cm³/mol. The highest BCUT2D eigenvalue weighted by Gasteiger charge is 2.18. The van der Waals surface area contributed by atoms with E-state index in [0.29, 0.717) is 6.04 Å². The summed E-state index contributed by atoms with van der Waals surface area (Å²) in [7, 11) is 0. The van der Waals surface area contributed by atoms with Gasteiger partial charge in [-0.2, -0.15) is 0 Å². The van der Waals surface area contributed by atoms with Crippen LogP contribution < -0.4 is 11.1 Å². The minimum atomic E-state index is -0.376. The van der Waals surface area contributed by atoms with Crippen LogP contribution in [0.1, 0.15) is 46.5 Å². The summed E-state index contributed by atoms with van der Waals surface area (Å²) in [4.78, 5) is 14.2. The highest BCUT2D eigenvalue weighted by Crippen LogP contribution is 2.15. The van der Waals surface area contributed by atoms with Gasteiger partial charge in [0.1, 0.15) is 0 Å². The van der Waals surface area contributed by atoms with Crippen molar-refractivity contribution in [1.29, 1.82) is 0 Å². The van der Waals surface area contributed by atoms with E-state index in [1.165, 1.54) is 25.8 Å². The summed E-state index contributed by atoms with van der Waals surface area (Å²) in [5.41, 5.74) is 5.78. The Labute approximate surface area is 111 Å². The monoisotopic (exact) mass is 255 g/mol. The maximum Gasteiger partial charge on any atom is 0.237 e. The van der Waals surface area contributed by atoms with Crippen LogP contribution in [-0.2, 0) is 4.79 Å². The number of amides is 1. The topological polar surface area (TPSA) is 58.4 Å². The van der Waals surface area contributed by atoms with Gasteiger partial charge in [-0.05, 0) is 38.6 Å². The normalized spacial score (nSPS) is 23.1. The Hall–Kier alpha value is -0.610. The number of carbonyl (C=O) groups excluding carboxylic acids is 1. The Morgan fingerprint density at radius 3 is 2.78 bits per heavy atom. The van der Waals surface area contributed by atoms with E-state index in [1.807, 2.05) is 13.8 Å². The first kappa shape index (κ1) is 15.4. The average molecular weight is 255 g/mol. The van der Waals surface area contributed by atoms with Gasteiger partial charge in [-0.3, -0.25) is 4.79 Å². The van der Waals surface area contributed by atoms with Gasteiger partial charge < -0.3 is 16.0 Å². The van der Waals surface area contributed by atoms with Crippen LogP contribution >= 0.6 is 0 Å². The van der Waals surface area contributed by atoms with Crippen molar-refractivity contribution in [1.82, 2.24) is 10.2 Å². The van der Waals surface area contributed by atoms with Crippen LogP contribution in [0.3, 0.4) is 0 Å². The van der Waals surface area contributed by atoms with Gasteiger partial charge in [0.15, 0.2) is 0 Å². The molecule has 18 heavy (non-hydrogen) atoms. The zero-order chi connectivity index (χ0) is 13.5. The summed E-state index contributed by atoms with van der Waals surface area (Å²) in [5, 5.41) is 2.93. The predicted octanol–water partition coefficient (Wildman–Crippen LogP) is 1.35. The molecule has 1 rings (SSSR count). The van der Waals surface area contributed by atoms with Crippen LogP contribution in [0, 0.1) is 5.92 Å². The molecular weight excluding hydrogens is 226 g/mol. The minimum absolute atomic E-state index is 0.0170. The number of nitrogens with zero attached hydrogens (tertiary/aromatic N) is 1. The quantitative estimate of drug-likeness (QED) is 0.704. The average Bonchev–Trinajstić information content (AvgIpc) is 2.35. The number of nitrogens with two attached hydrogens (primary N) is 1. The van der Waals surface area contributed by atoms with Gasteiger partial charge in [0.2, 0.25) is 5.91 Å². The third-order valence-corrected chi connectivity index (χ3v) is 3.88. The molecule has 0 aromatic rings. The first-order valence-corrected chi connectivity index (χ1v) is 7.29. The second kappa shape index (κ2) is 7.74. The molecule has 1 saturated heterocycles. The van der Waals surface area contributed by atoms with Gasteiger partial charge in [-0.1, -0.05) is 20.3 Å². The van der Waals surface area contributed by atoms with Crippen molar-refractivity contribution in [2.24, 2.45) is 11.7 Å². The van der Waals surface area contributed by atoms with Crippen molar-refractivity contribution in [3.05, 3.63) is 0 Å². The summed E-state index contributed by atoms with van der Waals surface area (Å²) in [6, 6.07) is 0.325. The van der Waals surface area contributed by atoms with Crippen LogP contribution in [0.5, 0.6) is 0 Å². The fourth-order valence-corrected chi connectivity index (χ4v) is 2.40.